The third-order valence-electron chi connectivity index (χ3n) is 4.11. The van der Waals surface area contributed by atoms with Crippen LogP contribution in [0.15, 0.2) is 0 Å². The third-order valence-corrected chi connectivity index (χ3v) is 4.11. The Morgan fingerprint density at radius 1 is 1.25 bits per heavy atom. The van der Waals surface area contributed by atoms with Crippen LogP contribution < -0.4 is 5.32 Å². The average molecular weight is 286 g/mol. The van der Waals surface area contributed by atoms with Gasteiger partial charge in [-0.05, 0) is 39.5 Å². The van der Waals surface area contributed by atoms with E-state index in [1.807, 2.05) is 13.8 Å². The molecule has 0 aromatic carbocycles. The molecule has 1 aliphatic rings. The van der Waals surface area contributed by atoms with Crippen LogP contribution >= 0.6 is 0 Å². The number of rotatable bonds is 7. The number of carbonyl (C=O) groups excluding carboxylic acids is 1. The maximum Gasteiger partial charge on any atom is 0.306 e. The summed E-state index contributed by atoms with van der Waals surface area (Å²) in [5.74, 6) is -1.10. The van der Waals surface area contributed by atoms with E-state index in [0.717, 1.165) is 0 Å². The highest BCUT2D eigenvalue weighted by Gasteiger charge is 2.35. The third kappa shape index (κ3) is 4.76. The molecule has 1 saturated carbocycles. The lowest BCUT2D eigenvalue weighted by Gasteiger charge is -2.35. The molecule has 0 unspecified atom stereocenters. The number of aliphatic carboxylic acids is 1. The highest BCUT2D eigenvalue weighted by Crippen LogP contribution is 2.31. The van der Waals surface area contributed by atoms with Crippen molar-refractivity contribution in [1.29, 1.82) is 0 Å². The number of carboxylic acid groups (broad SMARTS) is 1. The van der Waals surface area contributed by atoms with Crippen LogP contribution in [0.5, 0.6) is 0 Å². The van der Waals surface area contributed by atoms with E-state index in [9.17, 15) is 14.7 Å². The SMILES string of the molecule is CCN(CC)C(=O)CNCC1(O)CCC(C(=O)O)CC1. The van der Waals surface area contributed by atoms with E-state index >= 15 is 0 Å². The molecule has 116 valence electrons. The highest BCUT2D eigenvalue weighted by atomic mass is 16.4. The quantitative estimate of drug-likeness (QED) is 0.632. The van der Waals surface area contributed by atoms with Crippen molar-refractivity contribution in [3.05, 3.63) is 0 Å². The van der Waals surface area contributed by atoms with E-state index < -0.39 is 11.6 Å². The number of likely N-dealkylation sites (N-methyl/N-ethyl adjacent to an activating group) is 1. The Kier molecular flexibility index (Phi) is 6.42. The molecule has 6 nitrogen and oxygen atoms in total. The molecule has 1 amide bonds. The van der Waals surface area contributed by atoms with Gasteiger partial charge in [0.1, 0.15) is 0 Å². The fourth-order valence-corrected chi connectivity index (χ4v) is 2.67. The van der Waals surface area contributed by atoms with Crippen molar-refractivity contribution < 1.29 is 19.8 Å². The summed E-state index contributed by atoms with van der Waals surface area (Å²) >= 11 is 0. The van der Waals surface area contributed by atoms with Gasteiger partial charge < -0.3 is 20.4 Å². The number of carbonyl (C=O) groups is 2. The van der Waals surface area contributed by atoms with Crippen LogP contribution in [-0.2, 0) is 9.59 Å². The molecule has 0 aromatic heterocycles. The van der Waals surface area contributed by atoms with Crippen LogP contribution in [0.25, 0.3) is 0 Å². The minimum absolute atomic E-state index is 0.0258. The van der Waals surface area contributed by atoms with E-state index in [-0.39, 0.29) is 18.4 Å². The molecule has 20 heavy (non-hydrogen) atoms. The normalized spacial score (nSPS) is 26.2. The van der Waals surface area contributed by atoms with Crippen LogP contribution in [0.1, 0.15) is 39.5 Å². The molecular formula is C14H26N2O4. The Morgan fingerprint density at radius 2 is 1.80 bits per heavy atom. The number of nitrogens with one attached hydrogen (secondary N) is 1. The molecule has 0 saturated heterocycles. The summed E-state index contributed by atoms with van der Waals surface area (Å²) in [5, 5.41) is 22.3. The molecule has 0 radical (unpaired) electrons. The first-order valence-electron chi connectivity index (χ1n) is 7.35. The Balaban J connectivity index is 2.31. The van der Waals surface area contributed by atoms with Crippen LogP contribution in [-0.4, -0.2) is 58.8 Å². The molecule has 1 aliphatic carbocycles. The van der Waals surface area contributed by atoms with Crippen LogP contribution in [0.3, 0.4) is 0 Å². The number of carboxylic acids is 1. The summed E-state index contributed by atoms with van der Waals surface area (Å²) in [6, 6.07) is 0. The summed E-state index contributed by atoms with van der Waals surface area (Å²) in [7, 11) is 0. The fourth-order valence-electron chi connectivity index (χ4n) is 2.67. The lowest BCUT2D eigenvalue weighted by molar-refractivity contribution is -0.144. The number of aliphatic hydroxyl groups is 1. The molecule has 1 fully saturated rings. The first-order valence-corrected chi connectivity index (χ1v) is 7.35. The van der Waals surface area contributed by atoms with Gasteiger partial charge in [0.05, 0.1) is 18.1 Å². The molecule has 3 N–H and O–H groups in total. The van der Waals surface area contributed by atoms with Gasteiger partial charge in [-0.1, -0.05) is 0 Å². The van der Waals surface area contributed by atoms with Gasteiger partial charge in [0.25, 0.3) is 0 Å². The lowest BCUT2D eigenvalue weighted by atomic mass is 9.79. The van der Waals surface area contributed by atoms with Gasteiger partial charge in [-0.2, -0.15) is 0 Å². The van der Waals surface area contributed by atoms with Gasteiger partial charge in [0, 0.05) is 19.6 Å². The van der Waals surface area contributed by atoms with Crippen LogP contribution in [0.2, 0.25) is 0 Å². The molecule has 1 rings (SSSR count). The Labute approximate surface area is 120 Å². The number of hydrogen-bond acceptors (Lipinski definition) is 4. The van der Waals surface area contributed by atoms with Gasteiger partial charge in [0.15, 0.2) is 0 Å². The van der Waals surface area contributed by atoms with Gasteiger partial charge in [-0.3, -0.25) is 9.59 Å². The minimum atomic E-state index is -0.879. The zero-order valence-electron chi connectivity index (χ0n) is 12.4. The first kappa shape index (κ1) is 16.9. The Bertz CT molecular complexity index is 334. The van der Waals surface area contributed by atoms with Crippen molar-refractivity contribution in [3.8, 4) is 0 Å². The second-order valence-corrected chi connectivity index (χ2v) is 5.51. The van der Waals surface area contributed by atoms with Gasteiger partial charge in [-0.25, -0.2) is 0 Å². The summed E-state index contributed by atoms with van der Waals surface area (Å²) in [6.07, 6.45) is 1.93. The van der Waals surface area contributed by atoms with E-state index in [0.29, 0.717) is 45.3 Å². The van der Waals surface area contributed by atoms with E-state index in [2.05, 4.69) is 5.32 Å². The van der Waals surface area contributed by atoms with Crippen LogP contribution in [0, 0.1) is 5.92 Å². The maximum absolute atomic E-state index is 11.8. The predicted molar refractivity (Wildman–Crippen MR) is 75.3 cm³/mol. The van der Waals surface area contributed by atoms with E-state index in [4.69, 9.17) is 5.11 Å². The Morgan fingerprint density at radius 3 is 2.25 bits per heavy atom. The van der Waals surface area contributed by atoms with Crippen LogP contribution in [0.4, 0.5) is 0 Å². The fraction of sp³-hybridized carbons (Fsp3) is 0.857. The predicted octanol–water partition coefficient (Wildman–Crippen LogP) is 0.450. The molecule has 0 aliphatic heterocycles. The largest absolute Gasteiger partial charge is 0.481 e. The monoisotopic (exact) mass is 286 g/mol. The highest BCUT2D eigenvalue weighted by molar-refractivity contribution is 5.78. The molecule has 0 heterocycles. The van der Waals surface area contributed by atoms with Crippen molar-refractivity contribution in [2.45, 2.75) is 45.1 Å². The standard InChI is InChI=1S/C14H26N2O4/c1-3-16(4-2)12(17)9-15-10-14(20)7-5-11(6-8-14)13(18)19/h11,15,20H,3-10H2,1-2H3,(H,18,19). The second kappa shape index (κ2) is 7.59. The average Bonchev–Trinajstić information content (AvgIpc) is 2.40. The van der Waals surface area contributed by atoms with Crippen molar-refractivity contribution >= 4 is 11.9 Å². The summed E-state index contributed by atoms with van der Waals surface area (Å²) in [5.41, 5.74) is -0.879. The van der Waals surface area contributed by atoms with Gasteiger partial charge in [-0.15, -0.1) is 0 Å². The van der Waals surface area contributed by atoms with E-state index in [1.54, 1.807) is 4.90 Å². The molecule has 0 atom stereocenters. The van der Waals surface area contributed by atoms with E-state index in [1.165, 1.54) is 0 Å². The summed E-state index contributed by atoms with van der Waals surface area (Å²) in [4.78, 5) is 24.4. The topological polar surface area (TPSA) is 89.9 Å². The minimum Gasteiger partial charge on any atom is -0.481 e. The number of amides is 1. The van der Waals surface area contributed by atoms with Gasteiger partial charge >= 0.3 is 5.97 Å². The second-order valence-electron chi connectivity index (χ2n) is 5.51. The molecule has 0 bridgehead atoms. The smallest absolute Gasteiger partial charge is 0.306 e. The lowest BCUT2D eigenvalue weighted by Crippen LogP contribution is -2.47. The Hall–Kier alpha value is -1.14. The summed E-state index contributed by atoms with van der Waals surface area (Å²) in [6.45, 7) is 5.78. The molecule has 6 heteroatoms. The zero-order chi connectivity index (χ0) is 15.2. The maximum atomic E-state index is 11.8. The molecular weight excluding hydrogens is 260 g/mol. The van der Waals surface area contributed by atoms with Crippen molar-refractivity contribution in [2.75, 3.05) is 26.2 Å². The van der Waals surface area contributed by atoms with Crippen molar-refractivity contribution in [1.82, 2.24) is 10.2 Å². The zero-order valence-corrected chi connectivity index (χ0v) is 12.4. The number of nitrogens with zero attached hydrogens (tertiary/aromatic N) is 1. The molecule has 0 spiro atoms. The van der Waals surface area contributed by atoms with Crippen molar-refractivity contribution in [3.63, 3.8) is 0 Å². The van der Waals surface area contributed by atoms with Gasteiger partial charge in [0.2, 0.25) is 5.91 Å². The first-order chi connectivity index (χ1) is 9.41. The van der Waals surface area contributed by atoms with Crippen molar-refractivity contribution in [2.24, 2.45) is 5.92 Å². The molecule has 0 aromatic rings. The number of hydrogen-bond donors (Lipinski definition) is 3. The summed E-state index contributed by atoms with van der Waals surface area (Å²) < 4.78 is 0.